The summed E-state index contributed by atoms with van der Waals surface area (Å²) in [6.07, 6.45) is 1.51. The van der Waals surface area contributed by atoms with Crippen LogP contribution in [-0.2, 0) is 9.53 Å². The lowest BCUT2D eigenvalue weighted by atomic mass is 10.3. The van der Waals surface area contributed by atoms with Crippen molar-refractivity contribution in [2.24, 2.45) is 0 Å². The Kier molecular flexibility index (Phi) is 6.84. The quantitative estimate of drug-likeness (QED) is 0.703. The number of hydrogen-bond acceptors (Lipinski definition) is 4. The van der Waals surface area contributed by atoms with Crippen molar-refractivity contribution in [1.29, 1.82) is 0 Å². The van der Waals surface area contributed by atoms with Gasteiger partial charge in [0, 0.05) is 24.8 Å². The number of thioether (sulfide) groups is 1. The van der Waals surface area contributed by atoms with E-state index in [1.807, 2.05) is 11.8 Å². The van der Waals surface area contributed by atoms with Gasteiger partial charge in [-0.3, -0.25) is 4.79 Å². The molecule has 1 atom stereocenters. The Morgan fingerprint density at radius 3 is 2.81 bits per heavy atom. The number of rotatable bonds is 6. The largest absolute Gasteiger partial charge is 0.395 e. The van der Waals surface area contributed by atoms with Crippen LogP contribution in [0.5, 0.6) is 0 Å². The summed E-state index contributed by atoms with van der Waals surface area (Å²) in [4.78, 5) is 13.6. The summed E-state index contributed by atoms with van der Waals surface area (Å²) in [5.74, 6) is 1.18. The van der Waals surface area contributed by atoms with E-state index in [-0.39, 0.29) is 17.8 Å². The number of hydrogen-bond donors (Lipinski definition) is 1. The van der Waals surface area contributed by atoms with Crippen LogP contribution in [0.25, 0.3) is 0 Å². The summed E-state index contributed by atoms with van der Waals surface area (Å²) >= 11 is 1.72. The van der Waals surface area contributed by atoms with E-state index >= 15 is 0 Å². The topological polar surface area (TPSA) is 49.8 Å². The third-order valence-electron chi connectivity index (χ3n) is 2.56. The Morgan fingerprint density at radius 1 is 1.50 bits per heavy atom. The highest BCUT2D eigenvalue weighted by atomic mass is 32.2. The number of ether oxygens (including phenoxy) is 1. The number of carbonyl (C=O) groups is 1. The van der Waals surface area contributed by atoms with E-state index < -0.39 is 0 Å². The molecule has 0 radical (unpaired) electrons. The fraction of sp³-hybridized carbons (Fsp3) is 0.909. The number of carbonyl (C=O) groups excluding carboxylic acids is 1. The summed E-state index contributed by atoms with van der Waals surface area (Å²) in [5, 5.41) is 9.11. The highest BCUT2D eigenvalue weighted by molar-refractivity contribution is 7.99. The number of amides is 1. The number of morpholine rings is 1. The molecule has 16 heavy (non-hydrogen) atoms. The molecule has 0 spiro atoms. The van der Waals surface area contributed by atoms with E-state index in [1.54, 1.807) is 11.8 Å². The zero-order valence-electron chi connectivity index (χ0n) is 9.85. The van der Waals surface area contributed by atoms with E-state index in [2.05, 4.69) is 0 Å². The van der Waals surface area contributed by atoms with Gasteiger partial charge in [-0.15, -0.1) is 0 Å². The molecule has 0 aliphatic carbocycles. The molecule has 1 saturated heterocycles. The standard InChI is InChI=1S/C11H21NO3S/c1-10(9-13)16-8-2-3-11(14)12-4-6-15-7-5-12/h10,13H,2-9H2,1H3. The van der Waals surface area contributed by atoms with Crippen molar-refractivity contribution in [3.63, 3.8) is 0 Å². The Bertz CT molecular complexity index is 207. The van der Waals surface area contributed by atoms with Crippen LogP contribution in [0.1, 0.15) is 19.8 Å². The average Bonchev–Trinajstić information content (AvgIpc) is 2.35. The van der Waals surface area contributed by atoms with Crippen LogP contribution in [0.2, 0.25) is 0 Å². The maximum Gasteiger partial charge on any atom is 0.222 e. The molecule has 1 N–H and O–H groups in total. The van der Waals surface area contributed by atoms with Crippen LogP contribution in [0.15, 0.2) is 0 Å². The Morgan fingerprint density at radius 2 is 2.19 bits per heavy atom. The number of aliphatic hydroxyl groups excluding tert-OH is 1. The van der Waals surface area contributed by atoms with Gasteiger partial charge in [-0.2, -0.15) is 11.8 Å². The fourth-order valence-electron chi connectivity index (χ4n) is 1.53. The molecule has 0 aromatic heterocycles. The maximum absolute atomic E-state index is 11.7. The predicted octanol–water partition coefficient (Wildman–Crippen LogP) is 0.739. The Balaban J connectivity index is 2.05. The van der Waals surface area contributed by atoms with Crippen molar-refractivity contribution in [1.82, 2.24) is 4.90 Å². The van der Waals surface area contributed by atoms with Gasteiger partial charge in [0.2, 0.25) is 5.91 Å². The van der Waals surface area contributed by atoms with Crippen molar-refractivity contribution in [3.8, 4) is 0 Å². The van der Waals surface area contributed by atoms with E-state index in [1.165, 1.54) is 0 Å². The van der Waals surface area contributed by atoms with Crippen LogP contribution in [0.4, 0.5) is 0 Å². The molecule has 5 heteroatoms. The SMILES string of the molecule is CC(CO)SCCCC(=O)N1CCOCC1. The Labute approximate surface area is 101 Å². The van der Waals surface area contributed by atoms with Gasteiger partial charge in [-0.05, 0) is 12.2 Å². The minimum Gasteiger partial charge on any atom is -0.395 e. The van der Waals surface area contributed by atoms with Gasteiger partial charge in [0.25, 0.3) is 0 Å². The van der Waals surface area contributed by atoms with Gasteiger partial charge in [-0.1, -0.05) is 6.92 Å². The molecule has 1 fully saturated rings. The van der Waals surface area contributed by atoms with Crippen molar-refractivity contribution in [2.45, 2.75) is 25.0 Å². The third-order valence-corrected chi connectivity index (χ3v) is 3.80. The monoisotopic (exact) mass is 247 g/mol. The zero-order valence-corrected chi connectivity index (χ0v) is 10.7. The van der Waals surface area contributed by atoms with E-state index in [9.17, 15) is 4.79 Å². The van der Waals surface area contributed by atoms with E-state index in [4.69, 9.17) is 9.84 Å². The summed E-state index contributed by atoms with van der Waals surface area (Å²) in [6.45, 7) is 5.01. The molecule has 94 valence electrons. The predicted molar refractivity (Wildman–Crippen MR) is 65.6 cm³/mol. The lowest BCUT2D eigenvalue weighted by molar-refractivity contribution is -0.135. The van der Waals surface area contributed by atoms with E-state index in [0.29, 0.717) is 19.6 Å². The van der Waals surface area contributed by atoms with Crippen molar-refractivity contribution >= 4 is 17.7 Å². The first-order chi connectivity index (χ1) is 7.74. The molecule has 1 rings (SSSR count). The van der Waals surface area contributed by atoms with Crippen LogP contribution in [0.3, 0.4) is 0 Å². The molecule has 0 saturated carbocycles. The summed E-state index contributed by atoms with van der Waals surface area (Å²) in [7, 11) is 0. The smallest absolute Gasteiger partial charge is 0.222 e. The normalized spacial score (nSPS) is 18.5. The van der Waals surface area contributed by atoms with Gasteiger partial charge >= 0.3 is 0 Å². The molecule has 1 unspecified atom stereocenters. The van der Waals surface area contributed by atoms with Gasteiger partial charge < -0.3 is 14.7 Å². The number of aliphatic hydroxyl groups is 1. The molecule has 1 heterocycles. The summed E-state index contributed by atoms with van der Waals surface area (Å²) in [6, 6.07) is 0. The second-order valence-corrected chi connectivity index (χ2v) is 5.51. The molecule has 1 amide bonds. The summed E-state index contributed by atoms with van der Waals surface area (Å²) in [5.41, 5.74) is 0. The lowest BCUT2D eigenvalue weighted by Crippen LogP contribution is -2.40. The van der Waals surface area contributed by atoms with Gasteiger partial charge in [0.15, 0.2) is 0 Å². The van der Waals surface area contributed by atoms with Crippen molar-refractivity contribution in [2.75, 3.05) is 38.7 Å². The van der Waals surface area contributed by atoms with Crippen molar-refractivity contribution in [3.05, 3.63) is 0 Å². The molecule has 1 aliphatic rings. The summed E-state index contributed by atoms with van der Waals surface area (Å²) < 4.78 is 5.20. The second-order valence-electron chi connectivity index (χ2n) is 3.96. The average molecular weight is 247 g/mol. The maximum atomic E-state index is 11.7. The van der Waals surface area contributed by atoms with Crippen LogP contribution in [-0.4, -0.2) is 59.8 Å². The van der Waals surface area contributed by atoms with E-state index in [0.717, 1.165) is 25.3 Å². The third kappa shape index (κ3) is 5.18. The molecule has 0 aromatic carbocycles. The van der Waals surface area contributed by atoms with Gasteiger partial charge in [-0.25, -0.2) is 0 Å². The molecular weight excluding hydrogens is 226 g/mol. The lowest BCUT2D eigenvalue weighted by Gasteiger charge is -2.26. The van der Waals surface area contributed by atoms with Crippen LogP contribution < -0.4 is 0 Å². The fourth-order valence-corrected chi connectivity index (χ4v) is 2.35. The molecular formula is C11H21NO3S. The van der Waals surface area contributed by atoms with Crippen LogP contribution >= 0.6 is 11.8 Å². The highest BCUT2D eigenvalue weighted by Gasteiger charge is 2.15. The molecule has 0 aromatic rings. The zero-order chi connectivity index (χ0) is 11.8. The van der Waals surface area contributed by atoms with Crippen LogP contribution in [0, 0.1) is 0 Å². The van der Waals surface area contributed by atoms with Gasteiger partial charge in [0.1, 0.15) is 0 Å². The Hall–Kier alpha value is -0.260. The first-order valence-corrected chi connectivity index (χ1v) is 6.87. The van der Waals surface area contributed by atoms with Crippen molar-refractivity contribution < 1.29 is 14.6 Å². The highest BCUT2D eigenvalue weighted by Crippen LogP contribution is 2.12. The first-order valence-electron chi connectivity index (χ1n) is 5.82. The van der Waals surface area contributed by atoms with Gasteiger partial charge in [0.05, 0.1) is 19.8 Å². The number of nitrogens with zero attached hydrogens (tertiary/aromatic N) is 1. The second kappa shape index (κ2) is 7.92. The molecule has 0 bridgehead atoms. The minimum absolute atomic E-state index is 0.210. The first kappa shape index (κ1) is 13.8. The molecule has 4 nitrogen and oxygen atoms in total. The minimum atomic E-state index is 0.210. The molecule has 1 aliphatic heterocycles.